The van der Waals surface area contributed by atoms with Crippen LogP contribution in [0.2, 0.25) is 0 Å². The van der Waals surface area contributed by atoms with Crippen LogP contribution in [0.4, 0.5) is 0 Å². The Balaban J connectivity index is 1.71. The van der Waals surface area contributed by atoms with Gasteiger partial charge in [0, 0.05) is 0 Å². The van der Waals surface area contributed by atoms with Crippen molar-refractivity contribution in [1.82, 2.24) is 0 Å². The molecule has 27 heavy (non-hydrogen) atoms. The van der Waals surface area contributed by atoms with Gasteiger partial charge in [0.05, 0.1) is 19.4 Å². The van der Waals surface area contributed by atoms with Crippen LogP contribution in [0.25, 0.3) is 0 Å². The van der Waals surface area contributed by atoms with Crippen molar-refractivity contribution in [3.8, 4) is 0 Å². The molecular formula is C18H21O7PS. The van der Waals surface area contributed by atoms with Gasteiger partial charge in [0.25, 0.3) is 0 Å². The van der Waals surface area contributed by atoms with Crippen molar-refractivity contribution in [2.75, 3.05) is 6.16 Å². The summed E-state index contributed by atoms with van der Waals surface area (Å²) in [4.78, 5) is 0. The Hall–Kier alpha value is -1.54. The largest absolute Gasteiger partial charge is 0.400 e. The molecule has 2 aromatic rings. The first-order valence-electron chi connectivity index (χ1n) is 8.43. The third-order valence-corrected chi connectivity index (χ3v) is 6.85. The minimum atomic E-state index is -4.08. The van der Waals surface area contributed by atoms with Gasteiger partial charge in [-0.2, -0.15) is 8.42 Å². The lowest BCUT2D eigenvalue weighted by Crippen LogP contribution is -2.24. The van der Waals surface area contributed by atoms with Crippen LogP contribution in [0.1, 0.15) is 18.1 Å². The van der Waals surface area contributed by atoms with Gasteiger partial charge in [-0.3, -0.25) is 4.57 Å². The van der Waals surface area contributed by atoms with Gasteiger partial charge in [0.2, 0.25) is 0 Å². The molecule has 9 heteroatoms. The minimum absolute atomic E-state index is 0.0710. The topological polar surface area (TPSA) is 88.1 Å². The summed E-state index contributed by atoms with van der Waals surface area (Å²) in [6, 6.07) is 18.5. The van der Waals surface area contributed by atoms with Crippen molar-refractivity contribution in [3.63, 3.8) is 0 Å². The standard InChI is InChI=1S/C18H21O7PS/c1-15-18(25-27(20,21)24-15)14-26(19,22-12-16-8-4-2-5-9-16)23-13-17-10-6-3-7-11-17/h2-11,15,18H,12-14H2,1H3/t15-,18-/m0/s1. The Morgan fingerprint density at radius 2 is 1.37 bits per heavy atom. The van der Waals surface area contributed by atoms with Gasteiger partial charge in [0.15, 0.2) is 0 Å². The van der Waals surface area contributed by atoms with E-state index >= 15 is 0 Å². The predicted molar refractivity (Wildman–Crippen MR) is 99.3 cm³/mol. The summed E-state index contributed by atoms with van der Waals surface area (Å²) >= 11 is 0. The van der Waals surface area contributed by atoms with Crippen LogP contribution in [0.15, 0.2) is 60.7 Å². The van der Waals surface area contributed by atoms with E-state index in [2.05, 4.69) is 0 Å². The average Bonchev–Trinajstić information content (AvgIpc) is 2.91. The molecule has 0 amide bonds. The van der Waals surface area contributed by atoms with E-state index in [1.165, 1.54) is 6.92 Å². The first-order chi connectivity index (χ1) is 12.9. The molecule has 1 fully saturated rings. The summed E-state index contributed by atoms with van der Waals surface area (Å²) in [5.74, 6) is 0. The molecule has 3 rings (SSSR count). The monoisotopic (exact) mass is 412 g/mol. The first-order valence-corrected chi connectivity index (χ1v) is 11.5. The summed E-state index contributed by atoms with van der Waals surface area (Å²) in [6.45, 7) is 1.68. The van der Waals surface area contributed by atoms with E-state index in [4.69, 9.17) is 17.4 Å². The Bertz CT molecular complexity index is 839. The lowest BCUT2D eigenvalue weighted by atomic mass is 10.2. The van der Waals surface area contributed by atoms with Gasteiger partial charge in [-0.05, 0) is 18.1 Å². The van der Waals surface area contributed by atoms with E-state index in [9.17, 15) is 13.0 Å². The lowest BCUT2D eigenvalue weighted by Gasteiger charge is -2.21. The van der Waals surface area contributed by atoms with Crippen molar-refractivity contribution >= 4 is 18.0 Å². The second-order valence-corrected chi connectivity index (χ2v) is 9.46. The summed E-state index contributed by atoms with van der Waals surface area (Å²) in [7, 11) is -7.75. The molecule has 1 saturated heterocycles. The van der Waals surface area contributed by atoms with Crippen molar-refractivity contribution in [3.05, 3.63) is 71.8 Å². The lowest BCUT2D eigenvalue weighted by molar-refractivity contribution is 0.155. The third-order valence-electron chi connectivity index (χ3n) is 3.98. The van der Waals surface area contributed by atoms with E-state index < -0.39 is 30.2 Å². The first kappa shape index (κ1) is 20.2. The van der Waals surface area contributed by atoms with Crippen molar-refractivity contribution in [2.24, 2.45) is 0 Å². The van der Waals surface area contributed by atoms with Gasteiger partial charge in [-0.25, -0.2) is 8.37 Å². The van der Waals surface area contributed by atoms with Crippen LogP contribution in [0.5, 0.6) is 0 Å². The molecule has 0 saturated carbocycles. The van der Waals surface area contributed by atoms with Crippen LogP contribution >= 0.6 is 7.60 Å². The fourth-order valence-corrected chi connectivity index (χ4v) is 5.49. The number of benzene rings is 2. The highest BCUT2D eigenvalue weighted by Gasteiger charge is 2.42. The summed E-state index contributed by atoms with van der Waals surface area (Å²) in [5, 5.41) is 0. The second-order valence-electron chi connectivity index (χ2n) is 6.16. The molecule has 0 bridgehead atoms. The molecule has 1 aliphatic rings. The molecule has 2 aromatic carbocycles. The maximum Gasteiger partial charge on any atom is 0.400 e. The fraction of sp³-hybridized carbons (Fsp3) is 0.333. The Labute approximate surface area is 159 Å². The molecule has 2 atom stereocenters. The molecule has 0 unspecified atom stereocenters. The Morgan fingerprint density at radius 3 is 1.78 bits per heavy atom. The smallest absolute Gasteiger partial charge is 0.304 e. The number of hydrogen-bond acceptors (Lipinski definition) is 7. The predicted octanol–water partition coefficient (Wildman–Crippen LogP) is 3.66. The average molecular weight is 412 g/mol. The number of hydrogen-bond donors (Lipinski definition) is 0. The highest BCUT2D eigenvalue weighted by molar-refractivity contribution is 7.82. The summed E-state index contributed by atoms with van der Waals surface area (Å²) in [5.41, 5.74) is 1.65. The van der Waals surface area contributed by atoms with E-state index in [1.807, 2.05) is 60.7 Å². The third kappa shape index (κ3) is 5.97. The highest BCUT2D eigenvalue weighted by atomic mass is 32.3. The molecule has 0 aliphatic carbocycles. The van der Waals surface area contributed by atoms with Crippen LogP contribution in [-0.2, 0) is 45.6 Å². The zero-order chi connectivity index (χ0) is 19.3. The fourth-order valence-electron chi connectivity index (χ4n) is 2.54. The van der Waals surface area contributed by atoms with E-state index in [-0.39, 0.29) is 19.4 Å². The Morgan fingerprint density at radius 1 is 0.889 bits per heavy atom. The molecule has 0 N–H and O–H groups in total. The summed E-state index contributed by atoms with van der Waals surface area (Å²) < 4.78 is 57.1. The molecule has 0 aromatic heterocycles. The normalized spacial score (nSPS) is 22.0. The van der Waals surface area contributed by atoms with Crippen LogP contribution in [-0.4, -0.2) is 26.8 Å². The van der Waals surface area contributed by atoms with E-state index in [1.54, 1.807) is 0 Å². The second kappa shape index (κ2) is 8.65. The van der Waals surface area contributed by atoms with Crippen LogP contribution in [0, 0.1) is 0 Å². The number of rotatable bonds is 8. The minimum Gasteiger partial charge on any atom is -0.304 e. The summed E-state index contributed by atoms with van der Waals surface area (Å²) in [6.07, 6.45) is -1.94. The van der Waals surface area contributed by atoms with Gasteiger partial charge in [-0.1, -0.05) is 60.7 Å². The Kier molecular flexibility index (Phi) is 6.47. The molecule has 0 radical (unpaired) electrons. The van der Waals surface area contributed by atoms with Crippen LogP contribution < -0.4 is 0 Å². The van der Waals surface area contributed by atoms with E-state index in [0.717, 1.165) is 11.1 Å². The van der Waals surface area contributed by atoms with Crippen molar-refractivity contribution in [2.45, 2.75) is 32.3 Å². The SMILES string of the molecule is C[C@@H]1OS(=O)(=O)O[C@H]1CP(=O)(OCc1ccccc1)OCc1ccccc1. The van der Waals surface area contributed by atoms with Crippen LogP contribution in [0.3, 0.4) is 0 Å². The molecule has 146 valence electrons. The van der Waals surface area contributed by atoms with Crippen molar-refractivity contribution in [1.29, 1.82) is 0 Å². The van der Waals surface area contributed by atoms with Gasteiger partial charge < -0.3 is 9.05 Å². The maximum atomic E-state index is 13.3. The van der Waals surface area contributed by atoms with Crippen molar-refractivity contribution < 1.29 is 30.4 Å². The molecule has 1 heterocycles. The quantitative estimate of drug-likeness (QED) is 0.612. The molecule has 0 spiro atoms. The zero-order valence-corrected chi connectivity index (χ0v) is 16.5. The van der Waals surface area contributed by atoms with E-state index in [0.29, 0.717) is 0 Å². The maximum absolute atomic E-state index is 13.3. The zero-order valence-electron chi connectivity index (χ0n) is 14.8. The molecule has 1 aliphatic heterocycles. The molecular weight excluding hydrogens is 391 g/mol. The van der Waals surface area contributed by atoms with Gasteiger partial charge >= 0.3 is 18.0 Å². The molecule has 7 nitrogen and oxygen atoms in total. The van der Waals surface area contributed by atoms with Gasteiger partial charge in [0.1, 0.15) is 12.2 Å². The highest BCUT2D eigenvalue weighted by Crippen LogP contribution is 2.51. The van der Waals surface area contributed by atoms with Gasteiger partial charge in [-0.15, -0.1) is 0 Å².